The standard InChI is InChI=1S/C11H8BrFN2O2S/c12-11-5-4-9(7-14-11)15-18(16,17)10-3-1-2-8(13)6-10/h1-7,15H. The largest absolute Gasteiger partial charge is 0.278 e. The van der Waals surface area contributed by atoms with Crippen molar-refractivity contribution in [2.24, 2.45) is 0 Å². The fraction of sp³-hybridized carbons (Fsp3) is 0. The molecule has 0 amide bonds. The molecule has 0 spiro atoms. The van der Waals surface area contributed by atoms with Gasteiger partial charge in [0.2, 0.25) is 0 Å². The molecule has 0 aliphatic heterocycles. The summed E-state index contributed by atoms with van der Waals surface area (Å²) in [5, 5.41) is 0. The molecule has 1 aromatic carbocycles. The van der Waals surface area contributed by atoms with Crippen molar-refractivity contribution in [1.82, 2.24) is 4.98 Å². The lowest BCUT2D eigenvalue weighted by atomic mass is 10.4. The Morgan fingerprint density at radius 3 is 2.61 bits per heavy atom. The van der Waals surface area contributed by atoms with Crippen molar-refractivity contribution in [2.75, 3.05) is 4.72 Å². The van der Waals surface area contributed by atoms with Gasteiger partial charge in [-0.15, -0.1) is 0 Å². The Morgan fingerprint density at radius 1 is 1.22 bits per heavy atom. The Kier molecular flexibility index (Phi) is 3.63. The molecule has 0 bridgehead atoms. The first kappa shape index (κ1) is 13.0. The fourth-order valence-corrected chi connectivity index (χ4v) is 2.59. The van der Waals surface area contributed by atoms with Gasteiger partial charge in [0.1, 0.15) is 10.4 Å². The SMILES string of the molecule is O=S(=O)(Nc1ccc(Br)nc1)c1cccc(F)c1. The number of halogens is 2. The molecular formula is C11H8BrFN2O2S. The van der Waals surface area contributed by atoms with Gasteiger partial charge in [0.15, 0.2) is 0 Å². The van der Waals surface area contributed by atoms with Crippen LogP contribution < -0.4 is 4.72 Å². The van der Waals surface area contributed by atoms with Crippen LogP contribution in [0, 0.1) is 5.82 Å². The highest BCUT2D eigenvalue weighted by Crippen LogP contribution is 2.17. The predicted octanol–water partition coefficient (Wildman–Crippen LogP) is 2.78. The molecule has 2 aromatic rings. The van der Waals surface area contributed by atoms with Crippen LogP contribution in [0.2, 0.25) is 0 Å². The summed E-state index contributed by atoms with van der Waals surface area (Å²) in [5.74, 6) is -0.605. The highest BCUT2D eigenvalue weighted by atomic mass is 79.9. The van der Waals surface area contributed by atoms with Crippen LogP contribution in [0.1, 0.15) is 0 Å². The van der Waals surface area contributed by atoms with Gasteiger partial charge in [-0.2, -0.15) is 0 Å². The third-order valence-electron chi connectivity index (χ3n) is 2.09. The van der Waals surface area contributed by atoms with Crippen LogP contribution >= 0.6 is 15.9 Å². The maximum Gasteiger partial charge on any atom is 0.262 e. The lowest BCUT2D eigenvalue weighted by Gasteiger charge is -2.07. The highest BCUT2D eigenvalue weighted by Gasteiger charge is 2.14. The molecule has 18 heavy (non-hydrogen) atoms. The Labute approximate surface area is 112 Å². The first-order valence-electron chi connectivity index (χ1n) is 4.87. The number of anilines is 1. The van der Waals surface area contributed by atoms with E-state index in [1.807, 2.05) is 0 Å². The highest BCUT2D eigenvalue weighted by molar-refractivity contribution is 9.10. The average molecular weight is 331 g/mol. The second-order valence-electron chi connectivity index (χ2n) is 3.43. The topological polar surface area (TPSA) is 59.1 Å². The molecule has 0 atom stereocenters. The molecule has 0 fully saturated rings. The van der Waals surface area contributed by atoms with E-state index in [1.54, 1.807) is 12.1 Å². The van der Waals surface area contributed by atoms with Crippen LogP contribution in [0.3, 0.4) is 0 Å². The molecule has 7 heteroatoms. The van der Waals surface area contributed by atoms with Crippen molar-refractivity contribution < 1.29 is 12.8 Å². The number of hydrogen-bond donors (Lipinski definition) is 1. The maximum absolute atomic E-state index is 13.0. The summed E-state index contributed by atoms with van der Waals surface area (Å²) in [6.07, 6.45) is 1.36. The number of aromatic nitrogens is 1. The van der Waals surface area contributed by atoms with E-state index < -0.39 is 15.8 Å². The first-order valence-corrected chi connectivity index (χ1v) is 7.15. The maximum atomic E-state index is 13.0. The third kappa shape index (κ3) is 3.05. The number of sulfonamides is 1. The van der Waals surface area contributed by atoms with E-state index in [-0.39, 0.29) is 4.90 Å². The molecule has 2 rings (SSSR count). The number of benzene rings is 1. The van der Waals surface area contributed by atoms with Crippen molar-refractivity contribution in [3.63, 3.8) is 0 Å². The molecule has 0 aliphatic carbocycles. The Morgan fingerprint density at radius 2 is 2.00 bits per heavy atom. The Bertz CT molecular complexity index is 659. The molecule has 94 valence electrons. The average Bonchev–Trinajstić information content (AvgIpc) is 2.32. The number of nitrogens with zero attached hydrogens (tertiary/aromatic N) is 1. The van der Waals surface area contributed by atoms with Crippen molar-refractivity contribution >= 4 is 31.6 Å². The van der Waals surface area contributed by atoms with E-state index in [2.05, 4.69) is 25.6 Å². The molecular weight excluding hydrogens is 323 g/mol. The van der Waals surface area contributed by atoms with E-state index in [0.29, 0.717) is 10.3 Å². The molecule has 0 aliphatic rings. The van der Waals surface area contributed by atoms with Crippen LogP contribution in [0.15, 0.2) is 52.1 Å². The minimum atomic E-state index is -3.79. The van der Waals surface area contributed by atoms with Crippen LogP contribution in [0.5, 0.6) is 0 Å². The van der Waals surface area contributed by atoms with Gasteiger partial charge in [-0.3, -0.25) is 4.72 Å². The summed E-state index contributed by atoms with van der Waals surface area (Å²) >= 11 is 3.14. The van der Waals surface area contributed by atoms with Crippen LogP contribution in [-0.2, 0) is 10.0 Å². The van der Waals surface area contributed by atoms with Gasteiger partial charge in [0, 0.05) is 0 Å². The fourth-order valence-electron chi connectivity index (χ4n) is 1.28. The second-order valence-corrected chi connectivity index (χ2v) is 5.93. The molecule has 0 saturated carbocycles. The van der Waals surface area contributed by atoms with E-state index in [9.17, 15) is 12.8 Å². The van der Waals surface area contributed by atoms with Gasteiger partial charge in [-0.05, 0) is 46.3 Å². The Balaban J connectivity index is 2.30. The summed E-state index contributed by atoms with van der Waals surface area (Å²) in [6.45, 7) is 0. The summed E-state index contributed by atoms with van der Waals surface area (Å²) in [5.41, 5.74) is 0.308. The predicted molar refractivity (Wildman–Crippen MR) is 69.1 cm³/mol. The van der Waals surface area contributed by atoms with Gasteiger partial charge in [-0.25, -0.2) is 17.8 Å². The van der Waals surface area contributed by atoms with Crippen LogP contribution in [0.4, 0.5) is 10.1 Å². The number of hydrogen-bond acceptors (Lipinski definition) is 3. The third-order valence-corrected chi connectivity index (χ3v) is 3.93. The van der Waals surface area contributed by atoms with Crippen LogP contribution in [-0.4, -0.2) is 13.4 Å². The zero-order chi connectivity index (χ0) is 13.2. The van der Waals surface area contributed by atoms with Gasteiger partial charge in [0.25, 0.3) is 10.0 Å². The monoisotopic (exact) mass is 330 g/mol. The van der Waals surface area contributed by atoms with E-state index in [4.69, 9.17) is 0 Å². The number of pyridine rings is 1. The van der Waals surface area contributed by atoms with Crippen molar-refractivity contribution in [1.29, 1.82) is 0 Å². The van der Waals surface area contributed by atoms with E-state index in [1.165, 1.54) is 24.4 Å². The second kappa shape index (κ2) is 5.03. The number of rotatable bonds is 3. The lowest BCUT2D eigenvalue weighted by Crippen LogP contribution is -2.13. The summed E-state index contributed by atoms with van der Waals surface area (Å²) in [7, 11) is -3.79. The minimum absolute atomic E-state index is 0.134. The van der Waals surface area contributed by atoms with E-state index >= 15 is 0 Å². The van der Waals surface area contributed by atoms with Crippen molar-refractivity contribution in [3.05, 3.63) is 53.0 Å². The zero-order valence-electron chi connectivity index (χ0n) is 8.97. The van der Waals surface area contributed by atoms with Gasteiger partial charge < -0.3 is 0 Å². The molecule has 1 aromatic heterocycles. The molecule has 1 N–H and O–H groups in total. The number of nitrogens with one attached hydrogen (secondary N) is 1. The molecule has 0 radical (unpaired) electrons. The first-order chi connectivity index (χ1) is 8.47. The lowest BCUT2D eigenvalue weighted by molar-refractivity contribution is 0.595. The summed E-state index contributed by atoms with van der Waals surface area (Å²) < 4.78 is 39.7. The Hall–Kier alpha value is -1.47. The molecule has 0 unspecified atom stereocenters. The smallest absolute Gasteiger partial charge is 0.262 e. The van der Waals surface area contributed by atoms with Gasteiger partial charge in [-0.1, -0.05) is 6.07 Å². The quantitative estimate of drug-likeness (QED) is 0.880. The summed E-state index contributed by atoms with van der Waals surface area (Å²) in [6, 6.07) is 7.94. The van der Waals surface area contributed by atoms with E-state index in [0.717, 1.165) is 6.07 Å². The normalized spacial score (nSPS) is 11.2. The molecule has 4 nitrogen and oxygen atoms in total. The van der Waals surface area contributed by atoms with Crippen molar-refractivity contribution in [2.45, 2.75) is 4.90 Å². The summed E-state index contributed by atoms with van der Waals surface area (Å²) in [4.78, 5) is 3.76. The molecule has 1 heterocycles. The van der Waals surface area contributed by atoms with Gasteiger partial charge >= 0.3 is 0 Å². The molecule has 0 saturated heterocycles. The van der Waals surface area contributed by atoms with Crippen molar-refractivity contribution in [3.8, 4) is 0 Å². The zero-order valence-corrected chi connectivity index (χ0v) is 11.4. The van der Waals surface area contributed by atoms with Gasteiger partial charge in [0.05, 0.1) is 16.8 Å². The minimum Gasteiger partial charge on any atom is -0.278 e. The van der Waals surface area contributed by atoms with Crippen LogP contribution in [0.25, 0.3) is 0 Å².